The second kappa shape index (κ2) is 4.10. The third-order valence-electron chi connectivity index (χ3n) is 2.11. The molecular formula is C8H16NP. The molecule has 1 saturated heterocycles. The Balaban J connectivity index is 2.32. The van der Waals surface area contributed by atoms with Gasteiger partial charge < -0.3 is 0 Å². The summed E-state index contributed by atoms with van der Waals surface area (Å²) in [5, 5.41) is 0. The summed E-state index contributed by atoms with van der Waals surface area (Å²) in [7, 11) is 2.80. The Morgan fingerprint density at radius 2 is 2.40 bits per heavy atom. The molecule has 1 aliphatic rings. The van der Waals surface area contributed by atoms with E-state index in [1.807, 2.05) is 6.08 Å². The molecule has 1 heterocycles. The molecule has 0 amide bonds. The van der Waals surface area contributed by atoms with Crippen LogP contribution in [0.2, 0.25) is 0 Å². The van der Waals surface area contributed by atoms with E-state index in [9.17, 15) is 0 Å². The quantitative estimate of drug-likeness (QED) is 0.439. The van der Waals surface area contributed by atoms with E-state index in [0.717, 1.165) is 12.5 Å². The molecule has 0 saturated carbocycles. The van der Waals surface area contributed by atoms with Crippen molar-refractivity contribution in [3.63, 3.8) is 0 Å². The first kappa shape index (κ1) is 8.23. The average Bonchev–Trinajstić information content (AvgIpc) is 1.94. The van der Waals surface area contributed by atoms with Gasteiger partial charge in [-0.05, 0) is 19.3 Å². The highest BCUT2D eigenvalue weighted by Gasteiger charge is 2.16. The standard InChI is InChI=1S/C8H16NP/c1-2-5-8-6-3-4-7-9(8)10/h2,8H,1,3-7,10H2. The number of piperidine rings is 1. The summed E-state index contributed by atoms with van der Waals surface area (Å²) in [6, 6.07) is 0.747. The largest absolute Gasteiger partial charge is 0.284 e. The Kier molecular flexibility index (Phi) is 3.37. The van der Waals surface area contributed by atoms with Crippen LogP contribution < -0.4 is 0 Å². The van der Waals surface area contributed by atoms with Crippen LogP contribution in [0.1, 0.15) is 25.7 Å². The van der Waals surface area contributed by atoms with Gasteiger partial charge in [0, 0.05) is 12.6 Å². The summed E-state index contributed by atoms with van der Waals surface area (Å²) in [5.41, 5.74) is 0. The van der Waals surface area contributed by atoms with Crippen molar-refractivity contribution >= 4 is 9.39 Å². The van der Waals surface area contributed by atoms with Crippen molar-refractivity contribution in [3.05, 3.63) is 12.7 Å². The molecule has 0 aliphatic carbocycles. The summed E-state index contributed by atoms with van der Waals surface area (Å²) < 4.78 is 2.37. The predicted octanol–water partition coefficient (Wildman–Crippen LogP) is 2.21. The Bertz CT molecular complexity index is 114. The number of rotatable bonds is 2. The van der Waals surface area contributed by atoms with Gasteiger partial charge in [-0.15, -0.1) is 6.58 Å². The maximum atomic E-state index is 3.75. The summed E-state index contributed by atoms with van der Waals surface area (Å²) in [4.78, 5) is 0. The Hall–Kier alpha value is 0.130. The van der Waals surface area contributed by atoms with Crippen molar-refractivity contribution in [1.82, 2.24) is 4.67 Å². The summed E-state index contributed by atoms with van der Waals surface area (Å²) in [6.45, 7) is 4.99. The van der Waals surface area contributed by atoms with Gasteiger partial charge in [-0.3, -0.25) is 4.67 Å². The molecule has 2 unspecified atom stereocenters. The molecule has 58 valence electrons. The van der Waals surface area contributed by atoms with Crippen molar-refractivity contribution < 1.29 is 0 Å². The molecule has 1 rings (SSSR count). The van der Waals surface area contributed by atoms with Gasteiger partial charge in [-0.2, -0.15) is 0 Å². The van der Waals surface area contributed by atoms with Crippen LogP contribution >= 0.6 is 9.39 Å². The molecule has 0 N–H and O–H groups in total. The molecule has 0 aromatic rings. The summed E-state index contributed by atoms with van der Waals surface area (Å²) in [6.07, 6.45) is 7.26. The molecule has 2 heteroatoms. The molecule has 10 heavy (non-hydrogen) atoms. The fourth-order valence-corrected chi connectivity index (χ4v) is 1.92. The molecule has 1 aliphatic heterocycles. The monoisotopic (exact) mass is 157 g/mol. The van der Waals surface area contributed by atoms with Gasteiger partial charge >= 0.3 is 0 Å². The number of hydrogen-bond donors (Lipinski definition) is 0. The van der Waals surface area contributed by atoms with Crippen LogP contribution in [0, 0.1) is 0 Å². The van der Waals surface area contributed by atoms with Crippen molar-refractivity contribution in [2.24, 2.45) is 0 Å². The van der Waals surface area contributed by atoms with Crippen LogP contribution in [-0.4, -0.2) is 17.3 Å². The van der Waals surface area contributed by atoms with Gasteiger partial charge in [0.05, 0.1) is 0 Å². The lowest BCUT2D eigenvalue weighted by atomic mass is 10.0. The Morgan fingerprint density at radius 1 is 1.60 bits per heavy atom. The lowest BCUT2D eigenvalue weighted by Gasteiger charge is -2.31. The van der Waals surface area contributed by atoms with E-state index in [1.54, 1.807) is 0 Å². The van der Waals surface area contributed by atoms with Gasteiger partial charge in [-0.1, -0.05) is 21.9 Å². The maximum absolute atomic E-state index is 3.75. The van der Waals surface area contributed by atoms with Gasteiger partial charge in [0.15, 0.2) is 0 Å². The highest BCUT2D eigenvalue weighted by atomic mass is 31.0. The second-order valence-corrected chi connectivity index (χ2v) is 3.58. The first-order valence-corrected chi connectivity index (χ1v) is 4.48. The zero-order valence-corrected chi connectivity index (χ0v) is 7.58. The van der Waals surface area contributed by atoms with E-state index in [-0.39, 0.29) is 0 Å². The van der Waals surface area contributed by atoms with Crippen LogP contribution in [0.15, 0.2) is 12.7 Å². The lowest BCUT2D eigenvalue weighted by molar-refractivity contribution is 0.275. The minimum absolute atomic E-state index is 0.747. The third kappa shape index (κ3) is 2.07. The van der Waals surface area contributed by atoms with E-state index in [0.29, 0.717) is 0 Å². The molecule has 0 aromatic heterocycles. The van der Waals surface area contributed by atoms with Crippen molar-refractivity contribution in [3.8, 4) is 0 Å². The topological polar surface area (TPSA) is 3.24 Å². The minimum atomic E-state index is 0.747. The fraction of sp³-hybridized carbons (Fsp3) is 0.750. The Labute approximate surface area is 65.7 Å². The van der Waals surface area contributed by atoms with E-state index >= 15 is 0 Å². The van der Waals surface area contributed by atoms with Crippen LogP contribution in [0.25, 0.3) is 0 Å². The van der Waals surface area contributed by atoms with Crippen LogP contribution in [0.5, 0.6) is 0 Å². The predicted molar refractivity (Wildman–Crippen MR) is 48.9 cm³/mol. The van der Waals surface area contributed by atoms with E-state index in [1.165, 1.54) is 25.8 Å². The van der Waals surface area contributed by atoms with Crippen LogP contribution in [0.4, 0.5) is 0 Å². The third-order valence-corrected chi connectivity index (χ3v) is 2.79. The highest BCUT2D eigenvalue weighted by molar-refractivity contribution is 7.13. The van der Waals surface area contributed by atoms with E-state index in [2.05, 4.69) is 20.6 Å². The van der Waals surface area contributed by atoms with Crippen LogP contribution in [0.3, 0.4) is 0 Å². The lowest BCUT2D eigenvalue weighted by Crippen LogP contribution is -2.30. The minimum Gasteiger partial charge on any atom is -0.284 e. The van der Waals surface area contributed by atoms with Gasteiger partial charge in [0.25, 0.3) is 0 Å². The summed E-state index contributed by atoms with van der Waals surface area (Å²) >= 11 is 0. The molecule has 1 nitrogen and oxygen atoms in total. The van der Waals surface area contributed by atoms with Crippen molar-refractivity contribution in [2.75, 3.05) is 6.54 Å². The van der Waals surface area contributed by atoms with Crippen molar-refractivity contribution in [2.45, 2.75) is 31.7 Å². The van der Waals surface area contributed by atoms with E-state index in [4.69, 9.17) is 0 Å². The van der Waals surface area contributed by atoms with Gasteiger partial charge in [-0.25, -0.2) is 0 Å². The summed E-state index contributed by atoms with van der Waals surface area (Å²) in [5.74, 6) is 0. The first-order valence-electron chi connectivity index (χ1n) is 3.97. The molecule has 0 bridgehead atoms. The molecular weight excluding hydrogens is 141 g/mol. The zero-order valence-electron chi connectivity index (χ0n) is 6.42. The normalized spacial score (nSPS) is 28.3. The van der Waals surface area contributed by atoms with Crippen LogP contribution in [-0.2, 0) is 0 Å². The fourth-order valence-electron chi connectivity index (χ4n) is 1.47. The van der Waals surface area contributed by atoms with Crippen molar-refractivity contribution in [1.29, 1.82) is 0 Å². The maximum Gasteiger partial charge on any atom is 0.0164 e. The van der Waals surface area contributed by atoms with Gasteiger partial charge in [0.2, 0.25) is 0 Å². The second-order valence-electron chi connectivity index (χ2n) is 2.91. The molecule has 0 radical (unpaired) electrons. The first-order chi connectivity index (χ1) is 4.84. The molecule has 1 fully saturated rings. The van der Waals surface area contributed by atoms with Gasteiger partial charge in [0.1, 0.15) is 0 Å². The SMILES string of the molecule is C=CCC1CCCCN1P. The molecule has 2 atom stereocenters. The molecule has 0 spiro atoms. The average molecular weight is 157 g/mol. The van der Waals surface area contributed by atoms with E-state index < -0.39 is 0 Å². The molecule has 0 aromatic carbocycles. The smallest absolute Gasteiger partial charge is 0.0164 e. The number of nitrogens with zero attached hydrogens (tertiary/aromatic N) is 1. The Morgan fingerprint density at radius 3 is 3.00 bits per heavy atom. The highest BCUT2D eigenvalue weighted by Crippen LogP contribution is 2.22. The zero-order chi connectivity index (χ0) is 7.40. The number of hydrogen-bond acceptors (Lipinski definition) is 1.